The van der Waals surface area contributed by atoms with Crippen molar-refractivity contribution in [3.05, 3.63) is 24.3 Å². The van der Waals surface area contributed by atoms with Crippen LogP contribution >= 0.6 is 15.9 Å². The summed E-state index contributed by atoms with van der Waals surface area (Å²) in [6, 6.07) is 0. The van der Waals surface area contributed by atoms with Crippen LogP contribution in [0.5, 0.6) is 0 Å². The number of hydrogen-bond acceptors (Lipinski definition) is 3. The molecule has 1 aliphatic heterocycles. The smallest absolute Gasteiger partial charge is 0.256 e. The van der Waals surface area contributed by atoms with Crippen LogP contribution < -0.4 is 0 Å². The highest BCUT2D eigenvalue weighted by Crippen LogP contribution is 2.21. The van der Waals surface area contributed by atoms with Gasteiger partial charge in [-0.1, -0.05) is 15.9 Å². The quantitative estimate of drug-likeness (QED) is 0.794. The monoisotopic (exact) mass is 283 g/mol. The van der Waals surface area contributed by atoms with E-state index < -0.39 is 0 Å². The Kier molecular flexibility index (Phi) is 3.88. The van der Waals surface area contributed by atoms with E-state index in [4.69, 9.17) is 0 Å². The van der Waals surface area contributed by atoms with Crippen molar-refractivity contribution in [3.8, 4) is 0 Å². The van der Waals surface area contributed by atoms with Gasteiger partial charge in [0.25, 0.3) is 5.91 Å². The zero-order valence-corrected chi connectivity index (χ0v) is 10.6. The molecule has 0 saturated carbocycles. The lowest BCUT2D eigenvalue weighted by atomic mass is 10.1. The summed E-state index contributed by atoms with van der Waals surface area (Å²) in [5, 5.41) is 1.01. The molecule has 4 nitrogen and oxygen atoms in total. The van der Waals surface area contributed by atoms with Gasteiger partial charge in [0, 0.05) is 30.8 Å². The molecule has 1 unspecified atom stereocenters. The number of hydrogen-bond donors (Lipinski definition) is 0. The highest BCUT2D eigenvalue weighted by atomic mass is 79.9. The van der Waals surface area contributed by atoms with Crippen molar-refractivity contribution >= 4 is 21.8 Å². The second-order valence-corrected chi connectivity index (χ2v) is 4.80. The van der Waals surface area contributed by atoms with E-state index in [9.17, 15) is 4.79 Å². The zero-order valence-electron chi connectivity index (χ0n) is 8.97. The van der Waals surface area contributed by atoms with Crippen molar-refractivity contribution in [2.75, 3.05) is 18.4 Å². The van der Waals surface area contributed by atoms with Crippen LogP contribution in [0.4, 0.5) is 0 Å². The molecule has 1 aliphatic rings. The van der Waals surface area contributed by atoms with Gasteiger partial charge in [0.2, 0.25) is 0 Å². The van der Waals surface area contributed by atoms with Crippen LogP contribution in [-0.2, 0) is 0 Å². The number of amides is 1. The Bertz CT molecular complexity index is 358. The van der Waals surface area contributed by atoms with Gasteiger partial charge in [-0.3, -0.25) is 4.79 Å². The van der Waals surface area contributed by atoms with Gasteiger partial charge in [0.1, 0.15) is 6.33 Å². The van der Waals surface area contributed by atoms with Gasteiger partial charge in [-0.25, -0.2) is 9.97 Å². The first kappa shape index (κ1) is 11.5. The first-order chi connectivity index (χ1) is 7.81. The van der Waals surface area contributed by atoms with E-state index in [0.29, 0.717) is 11.5 Å². The Morgan fingerprint density at radius 1 is 1.50 bits per heavy atom. The summed E-state index contributed by atoms with van der Waals surface area (Å²) >= 11 is 3.44. The Hall–Kier alpha value is -0.970. The van der Waals surface area contributed by atoms with E-state index in [1.807, 2.05) is 4.90 Å². The molecule has 2 rings (SSSR count). The molecular formula is C11H14BrN3O. The molecule has 0 spiro atoms. The Morgan fingerprint density at radius 2 is 2.25 bits per heavy atom. The average Bonchev–Trinajstić information content (AvgIpc) is 2.78. The van der Waals surface area contributed by atoms with E-state index in [0.717, 1.165) is 31.3 Å². The summed E-state index contributed by atoms with van der Waals surface area (Å²) in [5.41, 5.74) is 0.585. The number of rotatable bonds is 3. The second-order valence-electron chi connectivity index (χ2n) is 4.01. The summed E-state index contributed by atoms with van der Waals surface area (Å²) in [6.07, 6.45) is 6.83. The lowest BCUT2D eigenvalue weighted by Crippen LogP contribution is -2.28. The molecule has 1 saturated heterocycles. The minimum Gasteiger partial charge on any atom is -0.338 e. The number of halogens is 1. The van der Waals surface area contributed by atoms with E-state index >= 15 is 0 Å². The zero-order chi connectivity index (χ0) is 11.4. The minimum atomic E-state index is 0.0534. The fourth-order valence-electron chi connectivity index (χ4n) is 2.00. The van der Waals surface area contributed by atoms with Crippen molar-refractivity contribution in [1.82, 2.24) is 14.9 Å². The lowest BCUT2D eigenvalue weighted by molar-refractivity contribution is 0.0786. The van der Waals surface area contributed by atoms with E-state index in [1.54, 1.807) is 12.4 Å². The van der Waals surface area contributed by atoms with E-state index in [2.05, 4.69) is 25.9 Å². The Labute approximate surface area is 103 Å². The standard InChI is InChI=1S/C11H14BrN3O/c12-3-1-9-2-4-15(7-9)11(16)10-5-13-8-14-6-10/h5-6,8-9H,1-4,7H2. The molecule has 1 fully saturated rings. The molecule has 16 heavy (non-hydrogen) atoms. The highest BCUT2D eigenvalue weighted by Gasteiger charge is 2.26. The normalized spacial score (nSPS) is 20.1. The van der Waals surface area contributed by atoms with Gasteiger partial charge in [0.05, 0.1) is 5.56 Å². The van der Waals surface area contributed by atoms with Gasteiger partial charge in [0.15, 0.2) is 0 Å². The first-order valence-electron chi connectivity index (χ1n) is 5.41. The van der Waals surface area contributed by atoms with Gasteiger partial charge >= 0.3 is 0 Å². The largest absolute Gasteiger partial charge is 0.338 e. The molecule has 0 radical (unpaired) electrons. The van der Waals surface area contributed by atoms with Gasteiger partial charge < -0.3 is 4.90 Å². The number of aromatic nitrogens is 2. The third-order valence-corrected chi connectivity index (χ3v) is 3.36. The number of carbonyl (C=O) groups is 1. The number of alkyl halides is 1. The average molecular weight is 284 g/mol. The third-order valence-electron chi connectivity index (χ3n) is 2.90. The summed E-state index contributed by atoms with van der Waals surface area (Å²) in [5.74, 6) is 0.686. The van der Waals surface area contributed by atoms with Gasteiger partial charge in [-0.2, -0.15) is 0 Å². The SMILES string of the molecule is O=C(c1cncnc1)N1CCC(CCBr)C1. The topological polar surface area (TPSA) is 46.1 Å². The summed E-state index contributed by atoms with van der Waals surface area (Å²) in [4.78, 5) is 21.7. The van der Waals surface area contributed by atoms with Crippen LogP contribution in [0.1, 0.15) is 23.2 Å². The van der Waals surface area contributed by atoms with Crippen molar-refractivity contribution in [2.24, 2.45) is 5.92 Å². The number of carbonyl (C=O) groups excluding carboxylic acids is 1. The first-order valence-corrected chi connectivity index (χ1v) is 6.53. The van der Waals surface area contributed by atoms with Crippen molar-refractivity contribution < 1.29 is 4.79 Å². The van der Waals surface area contributed by atoms with Crippen LogP contribution in [0.2, 0.25) is 0 Å². The molecule has 1 amide bonds. The van der Waals surface area contributed by atoms with Crippen molar-refractivity contribution in [3.63, 3.8) is 0 Å². The van der Waals surface area contributed by atoms with Crippen molar-refractivity contribution in [2.45, 2.75) is 12.8 Å². The Morgan fingerprint density at radius 3 is 2.94 bits per heavy atom. The molecule has 1 aromatic heterocycles. The molecule has 0 bridgehead atoms. The lowest BCUT2D eigenvalue weighted by Gasteiger charge is -2.15. The minimum absolute atomic E-state index is 0.0534. The summed E-state index contributed by atoms with van der Waals surface area (Å²) in [6.45, 7) is 1.71. The second kappa shape index (κ2) is 5.39. The predicted molar refractivity (Wildman–Crippen MR) is 64.5 cm³/mol. The van der Waals surface area contributed by atoms with Crippen LogP contribution in [0.25, 0.3) is 0 Å². The van der Waals surface area contributed by atoms with Gasteiger partial charge in [-0.05, 0) is 18.8 Å². The molecule has 0 N–H and O–H groups in total. The summed E-state index contributed by atoms with van der Waals surface area (Å²) in [7, 11) is 0. The fraction of sp³-hybridized carbons (Fsp3) is 0.545. The molecular weight excluding hydrogens is 270 g/mol. The molecule has 1 atom stereocenters. The van der Waals surface area contributed by atoms with Crippen LogP contribution in [0.3, 0.4) is 0 Å². The van der Waals surface area contributed by atoms with Crippen molar-refractivity contribution in [1.29, 1.82) is 0 Å². The molecule has 0 aromatic carbocycles. The van der Waals surface area contributed by atoms with E-state index in [-0.39, 0.29) is 5.91 Å². The maximum absolute atomic E-state index is 12.0. The molecule has 1 aromatic rings. The maximum Gasteiger partial charge on any atom is 0.256 e. The molecule has 5 heteroatoms. The van der Waals surface area contributed by atoms with Crippen LogP contribution in [0.15, 0.2) is 18.7 Å². The van der Waals surface area contributed by atoms with Gasteiger partial charge in [-0.15, -0.1) is 0 Å². The molecule has 2 heterocycles. The molecule has 0 aliphatic carbocycles. The maximum atomic E-state index is 12.0. The third kappa shape index (κ3) is 2.58. The highest BCUT2D eigenvalue weighted by molar-refractivity contribution is 9.09. The summed E-state index contributed by atoms with van der Waals surface area (Å²) < 4.78 is 0. The predicted octanol–water partition coefficient (Wildman–Crippen LogP) is 1.72. The van der Waals surface area contributed by atoms with Crippen LogP contribution in [-0.4, -0.2) is 39.2 Å². The molecule has 86 valence electrons. The number of nitrogens with zero attached hydrogens (tertiary/aromatic N) is 3. The number of likely N-dealkylation sites (tertiary alicyclic amines) is 1. The van der Waals surface area contributed by atoms with E-state index in [1.165, 1.54) is 6.33 Å². The van der Waals surface area contributed by atoms with Crippen LogP contribution in [0, 0.1) is 5.92 Å². The Balaban J connectivity index is 1.97. The fourth-order valence-corrected chi connectivity index (χ4v) is 2.65.